The monoisotopic (exact) mass is 277 g/mol. The predicted molar refractivity (Wildman–Crippen MR) is 85.0 cm³/mol. The number of benzene rings is 1. The van der Waals surface area contributed by atoms with Crippen LogP contribution in [0.2, 0.25) is 0 Å². The summed E-state index contributed by atoms with van der Waals surface area (Å²) in [6.07, 6.45) is 3.44. The van der Waals surface area contributed by atoms with E-state index in [0.29, 0.717) is 0 Å². The van der Waals surface area contributed by atoms with Crippen LogP contribution in [0, 0.1) is 0 Å². The number of nitrogens with one attached hydrogen (secondary N) is 1. The molecule has 0 amide bonds. The Hall–Kier alpha value is -1.55. The molecule has 1 N–H and O–H groups in total. The average molecular weight is 277 g/mol. The molecular formula is C16H27N3O. The van der Waals surface area contributed by atoms with E-state index in [9.17, 15) is 0 Å². The smallest absolute Gasteiger partial charge is 0.193 e. The van der Waals surface area contributed by atoms with Crippen LogP contribution in [0.1, 0.15) is 24.8 Å². The Balaban J connectivity index is 2.27. The molecule has 0 unspecified atom stereocenters. The summed E-state index contributed by atoms with van der Waals surface area (Å²) in [7, 11) is 5.64. The zero-order valence-corrected chi connectivity index (χ0v) is 12.9. The molecule has 1 aromatic carbocycles. The maximum absolute atomic E-state index is 5.04. The maximum Gasteiger partial charge on any atom is 0.193 e. The first-order valence-electron chi connectivity index (χ1n) is 7.22. The molecule has 0 saturated heterocycles. The summed E-state index contributed by atoms with van der Waals surface area (Å²) in [4.78, 5) is 6.47. The number of rotatable bonds is 8. The number of aliphatic imine (C=N–C) groups is 1. The van der Waals surface area contributed by atoms with Crippen LogP contribution in [0.15, 0.2) is 35.3 Å². The molecule has 1 aromatic rings. The zero-order valence-electron chi connectivity index (χ0n) is 12.9. The van der Waals surface area contributed by atoms with Gasteiger partial charge in [0.25, 0.3) is 0 Å². The molecule has 4 heteroatoms. The van der Waals surface area contributed by atoms with Gasteiger partial charge in [-0.25, -0.2) is 0 Å². The minimum atomic E-state index is 0.850. The van der Waals surface area contributed by atoms with Crippen LogP contribution in [0.3, 0.4) is 0 Å². The summed E-state index contributed by atoms with van der Waals surface area (Å²) in [6.45, 7) is 2.67. The van der Waals surface area contributed by atoms with E-state index < -0.39 is 0 Å². The molecule has 4 nitrogen and oxygen atoms in total. The number of hydrogen-bond acceptors (Lipinski definition) is 2. The van der Waals surface area contributed by atoms with Gasteiger partial charge in [0.05, 0.1) is 0 Å². The van der Waals surface area contributed by atoms with Crippen molar-refractivity contribution in [1.82, 2.24) is 10.2 Å². The summed E-state index contributed by atoms with van der Waals surface area (Å²) < 4.78 is 5.04. The van der Waals surface area contributed by atoms with Gasteiger partial charge in [0.2, 0.25) is 0 Å². The van der Waals surface area contributed by atoms with Crippen molar-refractivity contribution in [3.05, 3.63) is 35.9 Å². The number of unbranched alkanes of at least 4 members (excludes halogenated alkanes) is 2. The Morgan fingerprint density at radius 1 is 1.20 bits per heavy atom. The Kier molecular flexibility index (Phi) is 8.47. The van der Waals surface area contributed by atoms with Gasteiger partial charge in [-0.15, -0.1) is 0 Å². The molecule has 0 heterocycles. The third-order valence-electron chi connectivity index (χ3n) is 3.14. The fourth-order valence-corrected chi connectivity index (χ4v) is 2.07. The largest absolute Gasteiger partial charge is 0.385 e. The van der Waals surface area contributed by atoms with Crippen LogP contribution in [-0.4, -0.2) is 45.2 Å². The molecule has 0 aromatic heterocycles. The van der Waals surface area contributed by atoms with Crippen LogP contribution in [0.4, 0.5) is 0 Å². The van der Waals surface area contributed by atoms with Gasteiger partial charge in [-0.2, -0.15) is 0 Å². The Bertz CT molecular complexity index is 379. The topological polar surface area (TPSA) is 36.9 Å². The quantitative estimate of drug-likeness (QED) is 0.451. The number of nitrogens with zero attached hydrogens (tertiary/aromatic N) is 2. The molecule has 0 aliphatic heterocycles. The fraction of sp³-hybridized carbons (Fsp3) is 0.562. The molecule has 112 valence electrons. The standard InChI is InChI=1S/C16H27N3O/c1-17-16(18-12-8-5-9-13-20-3)19(2)14-15-10-6-4-7-11-15/h4,6-7,10-11H,5,8-9,12-14H2,1-3H3,(H,17,18). The summed E-state index contributed by atoms with van der Waals surface area (Å²) in [6, 6.07) is 10.4. The Labute approximate surface area is 122 Å². The Morgan fingerprint density at radius 3 is 2.60 bits per heavy atom. The molecule has 1 rings (SSSR count). The molecule has 0 fully saturated rings. The third-order valence-corrected chi connectivity index (χ3v) is 3.14. The molecule has 0 atom stereocenters. The molecule has 0 bridgehead atoms. The number of ether oxygens (including phenoxy) is 1. The van der Waals surface area contributed by atoms with Gasteiger partial charge in [-0.1, -0.05) is 30.3 Å². The van der Waals surface area contributed by atoms with E-state index in [-0.39, 0.29) is 0 Å². The van der Waals surface area contributed by atoms with Gasteiger partial charge in [0.1, 0.15) is 0 Å². The highest BCUT2D eigenvalue weighted by atomic mass is 16.5. The van der Waals surface area contributed by atoms with Crippen LogP contribution in [-0.2, 0) is 11.3 Å². The first-order valence-corrected chi connectivity index (χ1v) is 7.22. The molecule has 0 spiro atoms. The normalized spacial score (nSPS) is 11.4. The van der Waals surface area contributed by atoms with Crippen LogP contribution < -0.4 is 5.32 Å². The van der Waals surface area contributed by atoms with E-state index in [4.69, 9.17) is 4.74 Å². The fourth-order valence-electron chi connectivity index (χ4n) is 2.07. The summed E-state index contributed by atoms with van der Waals surface area (Å²) >= 11 is 0. The summed E-state index contributed by atoms with van der Waals surface area (Å²) in [5.41, 5.74) is 1.29. The van der Waals surface area contributed by atoms with Crippen molar-refractivity contribution in [3.63, 3.8) is 0 Å². The lowest BCUT2D eigenvalue weighted by atomic mass is 10.2. The predicted octanol–water partition coefficient (Wildman–Crippen LogP) is 2.51. The van der Waals surface area contributed by atoms with E-state index in [1.165, 1.54) is 12.0 Å². The van der Waals surface area contributed by atoms with E-state index in [1.807, 2.05) is 13.1 Å². The SMILES string of the molecule is CN=C(NCCCCCOC)N(C)Cc1ccccc1. The van der Waals surface area contributed by atoms with Crippen LogP contribution >= 0.6 is 0 Å². The Morgan fingerprint density at radius 2 is 1.95 bits per heavy atom. The van der Waals surface area contributed by atoms with Crippen molar-refractivity contribution in [2.75, 3.05) is 34.4 Å². The molecule has 0 saturated carbocycles. The van der Waals surface area contributed by atoms with Crippen molar-refractivity contribution in [3.8, 4) is 0 Å². The minimum absolute atomic E-state index is 0.850. The van der Waals surface area contributed by atoms with Crippen molar-refractivity contribution in [2.45, 2.75) is 25.8 Å². The second-order valence-electron chi connectivity index (χ2n) is 4.87. The average Bonchev–Trinajstić information content (AvgIpc) is 2.47. The van der Waals surface area contributed by atoms with E-state index in [1.54, 1.807) is 7.11 Å². The van der Waals surface area contributed by atoms with Crippen molar-refractivity contribution < 1.29 is 4.74 Å². The number of hydrogen-bond donors (Lipinski definition) is 1. The van der Waals surface area contributed by atoms with Gasteiger partial charge < -0.3 is 15.0 Å². The second-order valence-corrected chi connectivity index (χ2v) is 4.87. The van der Waals surface area contributed by atoms with E-state index >= 15 is 0 Å². The lowest BCUT2D eigenvalue weighted by Crippen LogP contribution is -2.38. The van der Waals surface area contributed by atoms with E-state index in [2.05, 4.69) is 46.5 Å². The van der Waals surface area contributed by atoms with Gasteiger partial charge in [-0.05, 0) is 24.8 Å². The highest BCUT2D eigenvalue weighted by molar-refractivity contribution is 5.79. The lowest BCUT2D eigenvalue weighted by Gasteiger charge is -2.22. The van der Waals surface area contributed by atoms with Crippen LogP contribution in [0.25, 0.3) is 0 Å². The minimum Gasteiger partial charge on any atom is -0.385 e. The number of methoxy groups -OCH3 is 1. The number of guanidine groups is 1. The van der Waals surface area contributed by atoms with Gasteiger partial charge >= 0.3 is 0 Å². The highest BCUT2D eigenvalue weighted by Crippen LogP contribution is 2.03. The molecule has 0 aliphatic carbocycles. The molecule has 0 aliphatic rings. The first kappa shape index (κ1) is 16.5. The highest BCUT2D eigenvalue weighted by Gasteiger charge is 2.05. The zero-order chi connectivity index (χ0) is 14.6. The maximum atomic E-state index is 5.04. The summed E-state index contributed by atoms with van der Waals surface area (Å²) in [5, 5.41) is 3.40. The van der Waals surface area contributed by atoms with Crippen LogP contribution in [0.5, 0.6) is 0 Å². The summed E-state index contributed by atoms with van der Waals surface area (Å²) in [5.74, 6) is 0.945. The van der Waals surface area contributed by atoms with Gasteiger partial charge in [0.15, 0.2) is 5.96 Å². The molecular weight excluding hydrogens is 250 g/mol. The molecule has 20 heavy (non-hydrogen) atoms. The van der Waals surface area contributed by atoms with Crippen molar-refractivity contribution >= 4 is 5.96 Å². The van der Waals surface area contributed by atoms with E-state index in [0.717, 1.165) is 38.5 Å². The van der Waals surface area contributed by atoms with Gasteiger partial charge in [0, 0.05) is 40.9 Å². The van der Waals surface area contributed by atoms with Crippen molar-refractivity contribution in [1.29, 1.82) is 0 Å². The lowest BCUT2D eigenvalue weighted by molar-refractivity contribution is 0.192. The third kappa shape index (κ3) is 6.57. The first-order chi connectivity index (χ1) is 9.77. The van der Waals surface area contributed by atoms with Crippen molar-refractivity contribution in [2.24, 2.45) is 4.99 Å². The second kappa shape index (κ2) is 10.3. The molecule has 0 radical (unpaired) electrons. The van der Waals surface area contributed by atoms with Gasteiger partial charge in [-0.3, -0.25) is 4.99 Å².